The van der Waals surface area contributed by atoms with Crippen molar-refractivity contribution in [3.63, 3.8) is 0 Å². The third-order valence-electron chi connectivity index (χ3n) is 3.41. The van der Waals surface area contributed by atoms with Crippen LogP contribution >= 0.6 is 0 Å². The maximum absolute atomic E-state index is 12.0. The van der Waals surface area contributed by atoms with E-state index in [1.807, 2.05) is 24.3 Å². The fraction of sp³-hybridized carbons (Fsp3) is 0.500. The minimum atomic E-state index is -0.357. The van der Waals surface area contributed by atoms with E-state index in [1.165, 1.54) is 0 Å². The number of aliphatic hydroxyl groups excluding tert-OH is 1. The van der Waals surface area contributed by atoms with Crippen LogP contribution in [0, 0.1) is 0 Å². The van der Waals surface area contributed by atoms with Crippen LogP contribution in [0.1, 0.15) is 24.8 Å². The summed E-state index contributed by atoms with van der Waals surface area (Å²) in [5.41, 5.74) is 7.60. The molecule has 0 radical (unpaired) electrons. The number of hydrogen-bond donors (Lipinski definition) is 2. The zero-order valence-corrected chi connectivity index (χ0v) is 10.5. The van der Waals surface area contributed by atoms with E-state index in [2.05, 4.69) is 0 Å². The molecule has 1 aromatic carbocycles. The minimum absolute atomic E-state index is 0.108. The summed E-state index contributed by atoms with van der Waals surface area (Å²) in [6.07, 6.45) is 2.46. The van der Waals surface area contributed by atoms with Crippen molar-refractivity contribution in [3.05, 3.63) is 29.8 Å². The van der Waals surface area contributed by atoms with Crippen LogP contribution in [0.5, 0.6) is 0 Å². The van der Waals surface area contributed by atoms with Crippen molar-refractivity contribution in [1.82, 2.24) is 4.90 Å². The van der Waals surface area contributed by atoms with Gasteiger partial charge in [0.2, 0.25) is 5.91 Å². The van der Waals surface area contributed by atoms with Crippen LogP contribution in [0.4, 0.5) is 5.69 Å². The third kappa shape index (κ3) is 3.23. The van der Waals surface area contributed by atoms with Crippen molar-refractivity contribution in [3.8, 4) is 0 Å². The molecular weight excluding hydrogens is 228 g/mol. The lowest BCUT2D eigenvalue weighted by molar-refractivity contribution is -0.134. The van der Waals surface area contributed by atoms with Crippen LogP contribution in [-0.4, -0.2) is 35.1 Å². The fourth-order valence-electron chi connectivity index (χ4n) is 2.34. The van der Waals surface area contributed by atoms with Gasteiger partial charge in [-0.2, -0.15) is 0 Å². The number of nitrogens with two attached hydrogens (primary N) is 1. The molecule has 1 aliphatic heterocycles. The molecule has 4 heteroatoms. The SMILES string of the molecule is Nc1ccccc1CCC(=O)N1CCCC(O)C1. The topological polar surface area (TPSA) is 66.6 Å². The number of β-amino-alcohol motifs (C(OH)–C–C–N with tert-alkyl or cyclic N) is 1. The largest absolute Gasteiger partial charge is 0.399 e. The van der Waals surface area contributed by atoms with Crippen molar-refractivity contribution in [1.29, 1.82) is 0 Å². The van der Waals surface area contributed by atoms with Crippen LogP contribution in [0.15, 0.2) is 24.3 Å². The number of aliphatic hydroxyl groups is 1. The van der Waals surface area contributed by atoms with Gasteiger partial charge in [0.1, 0.15) is 0 Å². The molecular formula is C14H20N2O2. The summed E-state index contributed by atoms with van der Waals surface area (Å²) in [5.74, 6) is 0.108. The first-order chi connectivity index (χ1) is 8.66. The van der Waals surface area contributed by atoms with Gasteiger partial charge in [0.05, 0.1) is 6.10 Å². The number of amides is 1. The van der Waals surface area contributed by atoms with Gasteiger partial charge in [-0.05, 0) is 30.9 Å². The highest BCUT2D eigenvalue weighted by atomic mass is 16.3. The van der Waals surface area contributed by atoms with Crippen molar-refractivity contribution in [2.75, 3.05) is 18.8 Å². The molecule has 98 valence electrons. The zero-order chi connectivity index (χ0) is 13.0. The summed E-state index contributed by atoms with van der Waals surface area (Å²) >= 11 is 0. The Morgan fingerprint density at radius 2 is 2.22 bits per heavy atom. The predicted octanol–water partition coefficient (Wildman–Crippen LogP) is 1.18. The molecule has 1 atom stereocenters. The number of anilines is 1. The molecule has 3 N–H and O–H groups in total. The van der Waals surface area contributed by atoms with Gasteiger partial charge in [0.25, 0.3) is 0 Å². The predicted molar refractivity (Wildman–Crippen MR) is 71.0 cm³/mol. The summed E-state index contributed by atoms with van der Waals surface area (Å²) < 4.78 is 0. The second-order valence-corrected chi connectivity index (χ2v) is 4.83. The Morgan fingerprint density at radius 3 is 2.94 bits per heavy atom. The van der Waals surface area contributed by atoms with Gasteiger partial charge in [0.15, 0.2) is 0 Å². The van der Waals surface area contributed by atoms with Gasteiger partial charge in [0, 0.05) is 25.2 Å². The normalized spacial score (nSPS) is 19.8. The molecule has 1 aliphatic rings. The Morgan fingerprint density at radius 1 is 1.44 bits per heavy atom. The van der Waals surface area contributed by atoms with Crippen LogP contribution in [-0.2, 0) is 11.2 Å². The van der Waals surface area contributed by atoms with Crippen molar-refractivity contribution in [2.45, 2.75) is 31.8 Å². The van der Waals surface area contributed by atoms with Gasteiger partial charge in [-0.3, -0.25) is 4.79 Å². The number of aryl methyl sites for hydroxylation is 1. The minimum Gasteiger partial charge on any atom is -0.399 e. The number of likely N-dealkylation sites (tertiary alicyclic amines) is 1. The number of nitrogen functional groups attached to an aromatic ring is 1. The number of piperidine rings is 1. The molecule has 18 heavy (non-hydrogen) atoms. The highest BCUT2D eigenvalue weighted by molar-refractivity contribution is 5.76. The first kappa shape index (κ1) is 12.9. The van der Waals surface area contributed by atoms with E-state index in [1.54, 1.807) is 4.90 Å². The Balaban J connectivity index is 1.86. The number of para-hydroxylation sites is 1. The molecule has 1 heterocycles. The molecule has 1 aromatic rings. The fourth-order valence-corrected chi connectivity index (χ4v) is 2.34. The number of nitrogens with zero attached hydrogens (tertiary/aromatic N) is 1. The van der Waals surface area contributed by atoms with Crippen molar-refractivity contribution < 1.29 is 9.90 Å². The summed E-state index contributed by atoms with van der Waals surface area (Å²) in [5, 5.41) is 9.54. The Kier molecular flexibility index (Phi) is 4.20. The summed E-state index contributed by atoms with van der Waals surface area (Å²) in [6.45, 7) is 1.24. The van der Waals surface area contributed by atoms with Gasteiger partial charge in [-0.25, -0.2) is 0 Å². The monoisotopic (exact) mass is 248 g/mol. The number of carbonyl (C=O) groups excluding carboxylic acids is 1. The van der Waals surface area contributed by atoms with Crippen LogP contribution in [0.2, 0.25) is 0 Å². The maximum atomic E-state index is 12.0. The molecule has 0 aromatic heterocycles. The number of hydrogen-bond acceptors (Lipinski definition) is 3. The Labute approximate surface area is 107 Å². The maximum Gasteiger partial charge on any atom is 0.222 e. The van der Waals surface area contributed by atoms with E-state index in [9.17, 15) is 9.90 Å². The average Bonchev–Trinajstić information content (AvgIpc) is 2.37. The van der Waals surface area contributed by atoms with Gasteiger partial charge < -0.3 is 15.7 Å². The van der Waals surface area contributed by atoms with E-state index < -0.39 is 0 Å². The lowest BCUT2D eigenvalue weighted by atomic mass is 10.1. The summed E-state index contributed by atoms with van der Waals surface area (Å²) in [7, 11) is 0. The number of rotatable bonds is 3. The van der Waals surface area contributed by atoms with Crippen molar-refractivity contribution >= 4 is 11.6 Å². The number of carbonyl (C=O) groups is 1. The quantitative estimate of drug-likeness (QED) is 0.789. The van der Waals surface area contributed by atoms with E-state index in [-0.39, 0.29) is 12.0 Å². The van der Waals surface area contributed by atoms with E-state index in [0.717, 1.165) is 30.6 Å². The molecule has 1 fully saturated rings. The lowest BCUT2D eigenvalue weighted by Crippen LogP contribution is -2.42. The molecule has 0 bridgehead atoms. The summed E-state index contributed by atoms with van der Waals surface area (Å²) in [6, 6.07) is 7.63. The standard InChI is InChI=1S/C14H20N2O2/c15-13-6-2-1-4-11(13)7-8-14(18)16-9-3-5-12(17)10-16/h1-2,4,6,12,17H,3,5,7-10,15H2. The van der Waals surface area contributed by atoms with Crippen LogP contribution in [0.3, 0.4) is 0 Å². The second-order valence-electron chi connectivity index (χ2n) is 4.83. The van der Waals surface area contributed by atoms with Gasteiger partial charge >= 0.3 is 0 Å². The van der Waals surface area contributed by atoms with Crippen LogP contribution < -0.4 is 5.73 Å². The van der Waals surface area contributed by atoms with E-state index >= 15 is 0 Å². The summed E-state index contributed by atoms with van der Waals surface area (Å²) in [4.78, 5) is 13.8. The first-order valence-electron chi connectivity index (χ1n) is 6.46. The van der Waals surface area contributed by atoms with E-state index in [4.69, 9.17) is 5.73 Å². The van der Waals surface area contributed by atoms with Crippen molar-refractivity contribution in [2.24, 2.45) is 0 Å². The lowest BCUT2D eigenvalue weighted by Gasteiger charge is -2.30. The third-order valence-corrected chi connectivity index (χ3v) is 3.41. The Hall–Kier alpha value is -1.55. The molecule has 0 aliphatic carbocycles. The molecule has 4 nitrogen and oxygen atoms in total. The van der Waals surface area contributed by atoms with Gasteiger partial charge in [-0.1, -0.05) is 18.2 Å². The smallest absolute Gasteiger partial charge is 0.222 e. The first-order valence-corrected chi connectivity index (χ1v) is 6.46. The number of benzene rings is 1. The Bertz CT molecular complexity index is 420. The highest BCUT2D eigenvalue weighted by Crippen LogP contribution is 2.15. The van der Waals surface area contributed by atoms with Crippen LogP contribution in [0.25, 0.3) is 0 Å². The van der Waals surface area contributed by atoms with E-state index in [0.29, 0.717) is 19.4 Å². The average molecular weight is 248 g/mol. The molecule has 0 saturated carbocycles. The molecule has 1 amide bonds. The van der Waals surface area contributed by atoms with Gasteiger partial charge in [-0.15, -0.1) is 0 Å². The molecule has 1 saturated heterocycles. The molecule has 1 unspecified atom stereocenters. The molecule has 2 rings (SSSR count). The highest BCUT2D eigenvalue weighted by Gasteiger charge is 2.21. The zero-order valence-electron chi connectivity index (χ0n) is 10.5. The molecule has 0 spiro atoms. The second kappa shape index (κ2) is 5.87.